The molecule has 2 aromatic carbocycles. The number of amides is 1. The van der Waals surface area contributed by atoms with Gasteiger partial charge in [0, 0.05) is 17.7 Å². The van der Waals surface area contributed by atoms with Gasteiger partial charge in [0.15, 0.2) is 5.60 Å². The van der Waals surface area contributed by atoms with Crippen molar-refractivity contribution in [1.82, 2.24) is 5.32 Å². The van der Waals surface area contributed by atoms with Gasteiger partial charge < -0.3 is 24.6 Å². The average Bonchev–Trinajstić information content (AvgIpc) is 3.55. The number of allylic oxidation sites excluding steroid dienone is 2. The highest BCUT2D eigenvalue weighted by molar-refractivity contribution is 5.82. The summed E-state index contributed by atoms with van der Waals surface area (Å²) in [4.78, 5) is 24.6. The van der Waals surface area contributed by atoms with Crippen LogP contribution in [0.5, 0.6) is 5.75 Å². The Kier molecular flexibility index (Phi) is 9.70. The topological polar surface area (TPSA) is 94.1 Å². The van der Waals surface area contributed by atoms with E-state index in [0.717, 1.165) is 35.1 Å². The third-order valence-corrected chi connectivity index (χ3v) is 7.96. The second-order valence-electron chi connectivity index (χ2n) is 12.3. The molecule has 0 radical (unpaired) electrons. The molecule has 2 aliphatic carbocycles. The molecule has 1 atom stereocenters. The molecule has 0 saturated heterocycles. The van der Waals surface area contributed by atoms with Crippen molar-refractivity contribution in [3.8, 4) is 5.75 Å². The first kappa shape index (κ1) is 31.2. The van der Waals surface area contributed by atoms with Crippen LogP contribution >= 0.6 is 0 Å². The number of aliphatic hydroxyl groups is 1. The SMILES string of the molecule is CCOC(=O)Cc1ccc(C2CCCC2)cc1OC1(C)C(CC)=CC(c2cccc(CNC(=O)OC(C)(C)C)c2)=C1O. The molecule has 1 saturated carbocycles. The Bertz CT molecular complexity index is 1360. The van der Waals surface area contributed by atoms with Gasteiger partial charge in [-0.1, -0.05) is 50.1 Å². The zero-order valence-electron chi connectivity index (χ0n) is 25.8. The Morgan fingerprint density at radius 1 is 1.07 bits per heavy atom. The third-order valence-electron chi connectivity index (χ3n) is 7.96. The maximum Gasteiger partial charge on any atom is 0.407 e. The number of nitrogens with one attached hydrogen (secondary N) is 1. The number of hydrogen-bond donors (Lipinski definition) is 2. The molecule has 226 valence electrons. The summed E-state index contributed by atoms with van der Waals surface area (Å²) in [7, 11) is 0. The lowest BCUT2D eigenvalue weighted by atomic mass is 9.93. The first-order valence-electron chi connectivity index (χ1n) is 15.1. The number of alkyl carbamates (subject to hydrolysis) is 1. The van der Waals surface area contributed by atoms with Crippen LogP contribution in [0.3, 0.4) is 0 Å². The van der Waals surface area contributed by atoms with Crippen LogP contribution in [0.2, 0.25) is 0 Å². The van der Waals surface area contributed by atoms with Gasteiger partial charge in [0.25, 0.3) is 0 Å². The first-order chi connectivity index (χ1) is 19.9. The normalized spacial score (nSPS) is 19.0. The number of aliphatic hydroxyl groups excluding tert-OH is 1. The van der Waals surface area contributed by atoms with E-state index in [9.17, 15) is 14.7 Å². The summed E-state index contributed by atoms with van der Waals surface area (Å²) in [5, 5.41) is 14.5. The lowest BCUT2D eigenvalue weighted by Gasteiger charge is -2.31. The van der Waals surface area contributed by atoms with Gasteiger partial charge in [-0.3, -0.25) is 4.79 Å². The molecule has 0 heterocycles. The molecule has 0 aromatic heterocycles. The van der Waals surface area contributed by atoms with Gasteiger partial charge in [-0.2, -0.15) is 0 Å². The summed E-state index contributed by atoms with van der Waals surface area (Å²) in [6.45, 7) is 11.8. The fourth-order valence-electron chi connectivity index (χ4n) is 5.81. The highest BCUT2D eigenvalue weighted by atomic mass is 16.6. The standard InChI is InChI=1S/C35H45NO6/c1-7-28-21-29(26-15-11-12-23(18-26)22-36-33(39)42-34(3,4)5)32(38)35(28,6)41-30-19-25(24-13-9-10-14-24)16-17-27(30)20-31(37)40-8-2/h11-12,15-19,21,24,38H,7-10,13-14,20,22H2,1-6H3,(H,36,39). The lowest BCUT2D eigenvalue weighted by Crippen LogP contribution is -2.35. The van der Waals surface area contributed by atoms with Crippen LogP contribution in [-0.2, 0) is 27.2 Å². The number of rotatable bonds is 10. The van der Waals surface area contributed by atoms with E-state index in [2.05, 4.69) is 17.4 Å². The van der Waals surface area contributed by atoms with Crippen LogP contribution < -0.4 is 10.1 Å². The zero-order chi connectivity index (χ0) is 30.5. The summed E-state index contributed by atoms with van der Waals surface area (Å²) in [5.74, 6) is 0.872. The van der Waals surface area contributed by atoms with Crippen LogP contribution in [0.4, 0.5) is 4.79 Å². The van der Waals surface area contributed by atoms with Gasteiger partial charge >= 0.3 is 12.1 Å². The number of carbonyl (C=O) groups is 2. The molecule has 7 heteroatoms. The van der Waals surface area contributed by atoms with Crippen LogP contribution in [0, 0.1) is 0 Å². The van der Waals surface area contributed by atoms with E-state index in [1.807, 2.05) is 71.0 Å². The number of benzene rings is 2. The van der Waals surface area contributed by atoms with E-state index in [4.69, 9.17) is 14.2 Å². The quantitative estimate of drug-likeness (QED) is 0.279. The van der Waals surface area contributed by atoms with E-state index >= 15 is 0 Å². The molecule has 0 aliphatic heterocycles. The summed E-state index contributed by atoms with van der Waals surface area (Å²) in [6, 6.07) is 13.8. The number of ether oxygens (including phenoxy) is 3. The van der Waals surface area contributed by atoms with E-state index in [1.54, 1.807) is 6.92 Å². The van der Waals surface area contributed by atoms with Gasteiger partial charge in [0.2, 0.25) is 0 Å². The molecule has 2 N–H and O–H groups in total. The zero-order valence-corrected chi connectivity index (χ0v) is 25.8. The first-order valence-corrected chi connectivity index (χ1v) is 15.1. The number of esters is 1. The third kappa shape index (κ3) is 7.36. The average molecular weight is 576 g/mol. The Morgan fingerprint density at radius 3 is 2.48 bits per heavy atom. The van der Waals surface area contributed by atoms with Crippen LogP contribution in [0.15, 0.2) is 59.9 Å². The Morgan fingerprint density at radius 2 is 1.81 bits per heavy atom. The van der Waals surface area contributed by atoms with Crippen LogP contribution in [0.25, 0.3) is 5.57 Å². The van der Waals surface area contributed by atoms with Crippen molar-refractivity contribution in [3.63, 3.8) is 0 Å². The lowest BCUT2D eigenvalue weighted by molar-refractivity contribution is -0.142. The Hall–Kier alpha value is -3.74. The highest BCUT2D eigenvalue weighted by Gasteiger charge is 2.42. The molecule has 1 unspecified atom stereocenters. The molecule has 0 spiro atoms. The highest BCUT2D eigenvalue weighted by Crippen LogP contribution is 2.45. The molecule has 7 nitrogen and oxygen atoms in total. The van der Waals surface area contributed by atoms with Crippen molar-refractivity contribution < 1.29 is 28.9 Å². The fourth-order valence-corrected chi connectivity index (χ4v) is 5.81. The van der Waals surface area contributed by atoms with Crippen LogP contribution in [-0.4, -0.2) is 35.0 Å². The molecular weight excluding hydrogens is 530 g/mol. The maximum atomic E-state index is 12.5. The van der Waals surface area contributed by atoms with Crippen molar-refractivity contribution in [2.75, 3.05) is 6.61 Å². The Labute approximate surface area is 249 Å². The van der Waals surface area contributed by atoms with E-state index < -0.39 is 17.3 Å². The molecule has 2 aliphatic rings. The molecule has 4 rings (SSSR count). The van der Waals surface area contributed by atoms with Crippen molar-refractivity contribution >= 4 is 17.6 Å². The maximum absolute atomic E-state index is 12.5. The van der Waals surface area contributed by atoms with Gasteiger partial charge in [-0.15, -0.1) is 0 Å². The molecule has 0 bridgehead atoms. The van der Waals surface area contributed by atoms with E-state index in [0.29, 0.717) is 36.8 Å². The second kappa shape index (κ2) is 13.1. The predicted octanol–water partition coefficient (Wildman–Crippen LogP) is 7.93. The molecule has 1 fully saturated rings. The summed E-state index contributed by atoms with van der Waals surface area (Å²) in [6.07, 6.45) is 6.98. The van der Waals surface area contributed by atoms with Crippen molar-refractivity contribution in [1.29, 1.82) is 0 Å². The smallest absolute Gasteiger partial charge is 0.407 e. The summed E-state index contributed by atoms with van der Waals surface area (Å²) in [5.41, 5.74) is 3.56. The van der Waals surface area contributed by atoms with Gasteiger partial charge in [-0.25, -0.2) is 4.79 Å². The van der Waals surface area contributed by atoms with Crippen molar-refractivity contribution in [2.45, 2.75) is 104 Å². The summed E-state index contributed by atoms with van der Waals surface area (Å²) >= 11 is 0. The monoisotopic (exact) mass is 575 g/mol. The summed E-state index contributed by atoms with van der Waals surface area (Å²) < 4.78 is 17.3. The second-order valence-corrected chi connectivity index (χ2v) is 12.3. The molecular formula is C35H45NO6. The molecule has 42 heavy (non-hydrogen) atoms. The van der Waals surface area contributed by atoms with E-state index in [-0.39, 0.29) is 18.1 Å². The molecule has 1 amide bonds. The minimum atomic E-state index is -1.10. The van der Waals surface area contributed by atoms with Gasteiger partial charge in [0.1, 0.15) is 17.1 Å². The van der Waals surface area contributed by atoms with E-state index in [1.165, 1.54) is 18.4 Å². The Balaban J connectivity index is 1.64. The van der Waals surface area contributed by atoms with Gasteiger partial charge in [0.05, 0.1) is 13.0 Å². The number of carbonyl (C=O) groups excluding carboxylic acids is 2. The van der Waals surface area contributed by atoms with Crippen molar-refractivity contribution in [2.24, 2.45) is 0 Å². The minimum absolute atomic E-state index is 0.0966. The fraction of sp³-hybridized carbons (Fsp3) is 0.486. The van der Waals surface area contributed by atoms with Gasteiger partial charge in [-0.05, 0) is 100 Å². The predicted molar refractivity (Wildman–Crippen MR) is 164 cm³/mol. The van der Waals surface area contributed by atoms with Crippen molar-refractivity contribution in [3.05, 3.63) is 82.1 Å². The minimum Gasteiger partial charge on any atom is -0.507 e. The molecule has 2 aromatic rings. The van der Waals surface area contributed by atoms with Crippen LogP contribution in [0.1, 0.15) is 102 Å². The largest absolute Gasteiger partial charge is 0.507 e. The number of hydrogen-bond acceptors (Lipinski definition) is 6.